The van der Waals surface area contributed by atoms with Crippen molar-refractivity contribution in [2.24, 2.45) is 0 Å². The summed E-state index contributed by atoms with van der Waals surface area (Å²) in [6.07, 6.45) is 5.25. The summed E-state index contributed by atoms with van der Waals surface area (Å²) in [5, 5.41) is 1.40. The Balaban J connectivity index is 1.48. The highest BCUT2D eigenvalue weighted by molar-refractivity contribution is 7.12. The molecule has 1 aliphatic carbocycles. The minimum absolute atomic E-state index is 0.697. The van der Waals surface area contributed by atoms with E-state index in [-0.39, 0.29) is 0 Å². The van der Waals surface area contributed by atoms with E-state index in [4.69, 9.17) is 4.98 Å². The highest BCUT2D eigenvalue weighted by Gasteiger charge is 2.37. The Hall–Kier alpha value is -1.19. The molecule has 1 aromatic carbocycles. The number of fused-ring (bicyclic) bond motifs is 4. The molecule has 2 aromatic rings. The minimum Gasteiger partial charge on any atom is -0.300 e. The number of aromatic nitrogens is 1. The number of rotatable bonds is 1. The van der Waals surface area contributed by atoms with Crippen molar-refractivity contribution in [1.29, 1.82) is 0 Å². The van der Waals surface area contributed by atoms with Crippen LogP contribution in [0.4, 0.5) is 0 Å². The monoisotopic (exact) mass is 282 g/mol. The summed E-state index contributed by atoms with van der Waals surface area (Å²) in [7, 11) is 0. The lowest BCUT2D eigenvalue weighted by molar-refractivity contribution is 0.322. The van der Waals surface area contributed by atoms with Gasteiger partial charge in [0, 0.05) is 35.4 Å². The average Bonchev–Trinajstić information content (AvgIpc) is 3.16. The summed E-state index contributed by atoms with van der Waals surface area (Å²) >= 11 is 1.98. The van der Waals surface area contributed by atoms with Gasteiger partial charge in [0.05, 0.1) is 10.7 Å². The van der Waals surface area contributed by atoms with E-state index >= 15 is 0 Å². The van der Waals surface area contributed by atoms with Crippen molar-refractivity contribution in [3.05, 3.63) is 39.7 Å². The Kier molecular flexibility index (Phi) is 2.38. The first-order chi connectivity index (χ1) is 9.88. The molecule has 1 aromatic heterocycles. The molecule has 0 saturated carbocycles. The van der Waals surface area contributed by atoms with Gasteiger partial charge in [0.25, 0.3) is 0 Å². The Morgan fingerprint density at radius 3 is 3.15 bits per heavy atom. The first-order valence-electron chi connectivity index (χ1n) is 7.70. The van der Waals surface area contributed by atoms with Crippen LogP contribution >= 0.6 is 11.3 Å². The Morgan fingerprint density at radius 2 is 2.20 bits per heavy atom. The van der Waals surface area contributed by atoms with Crippen molar-refractivity contribution in [3.63, 3.8) is 0 Å². The molecule has 3 heteroatoms. The van der Waals surface area contributed by atoms with Gasteiger partial charge in [0.1, 0.15) is 0 Å². The SMILES string of the molecule is c1ccc2c(c1)Cc1sc([C@H]3C[C@H]4CCCN4C3)nc1-2. The molecule has 0 amide bonds. The van der Waals surface area contributed by atoms with Crippen LogP contribution in [0.5, 0.6) is 0 Å². The summed E-state index contributed by atoms with van der Waals surface area (Å²) in [6.45, 7) is 2.56. The molecule has 5 rings (SSSR count). The van der Waals surface area contributed by atoms with Crippen LogP contribution in [-0.2, 0) is 6.42 Å². The van der Waals surface area contributed by atoms with Gasteiger partial charge in [-0.15, -0.1) is 11.3 Å². The summed E-state index contributed by atoms with van der Waals surface area (Å²) in [4.78, 5) is 9.21. The van der Waals surface area contributed by atoms with Crippen molar-refractivity contribution in [2.45, 2.75) is 37.6 Å². The Labute approximate surface area is 123 Å². The molecule has 0 radical (unpaired) electrons. The first kappa shape index (κ1) is 11.5. The third kappa shape index (κ3) is 1.57. The van der Waals surface area contributed by atoms with Crippen LogP contribution in [0.3, 0.4) is 0 Å². The van der Waals surface area contributed by atoms with E-state index in [2.05, 4.69) is 29.2 Å². The van der Waals surface area contributed by atoms with Gasteiger partial charge in [0.15, 0.2) is 0 Å². The quantitative estimate of drug-likeness (QED) is 0.677. The van der Waals surface area contributed by atoms with E-state index in [1.165, 1.54) is 59.1 Å². The maximum Gasteiger partial charge on any atom is 0.0979 e. The van der Waals surface area contributed by atoms with Gasteiger partial charge < -0.3 is 0 Å². The predicted molar refractivity (Wildman–Crippen MR) is 82.3 cm³/mol. The van der Waals surface area contributed by atoms with Gasteiger partial charge in [-0.2, -0.15) is 0 Å². The van der Waals surface area contributed by atoms with Crippen LogP contribution in [0.25, 0.3) is 11.3 Å². The lowest BCUT2D eigenvalue weighted by Crippen LogP contribution is -2.22. The molecule has 102 valence electrons. The third-order valence-corrected chi connectivity index (χ3v) is 6.42. The van der Waals surface area contributed by atoms with Crippen LogP contribution in [0.1, 0.15) is 40.6 Å². The van der Waals surface area contributed by atoms with Crippen molar-refractivity contribution in [2.75, 3.05) is 13.1 Å². The molecule has 0 spiro atoms. The predicted octanol–water partition coefficient (Wildman–Crippen LogP) is 3.67. The average molecular weight is 282 g/mol. The zero-order valence-electron chi connectivity index (χ0n) is 11.5. The van der Waals surface area contributed by atoms with Gasteiger partial charge in [0.2, 0.25) is 0 Å². The summed E-state index contributed by atoms with van der Waals surface area (Å²) in [6, 6.07) is 9.61. The Morgan fingerprint density at radius 1 is 1.25 bits per heavy atom. The normalized spacial score (nSPS) is 27.6. The summed E-state index contributed by atoms with van der Waals surface area (Å²) in [5.41, 5.74) is 4.12. The van der Waals surface area contributed by atoms with E-state index < -0.39 is 0 Å². The molecule has 2 aliphatic heterocycles. The second-order valence-corrected chi connectivity index (χ2v) is 7.50. The summed E-state index contributed by atoms with van der Waals surface area (Å²) < 4.78 is 0. The largest absolute Gasteiger partial charge is 0.300 e. The van der Waals surface area contributed by atoms with Gasteiger partial charge >= 0.3 is 0 Å². The first-order valence-corrected chi connectivity index (χ1v) is 8.52. The molecule has 0 N–H and O–H groups in total. The third-order valence-electron chi connectivity index (χ3n) is 5.20. The lowest BCUT2D eigenvalue weighted by atomic mass is 10.0. The van der Waals surface area contributed by atoms with Gasteiger partial charge in [-0.1, -0.05) is 24.3 Å². The van der Waals surface area contributed by atoms with Crippen molar-refractivity contribution in [1.82, 2.24) is 9.88 Å². The van der Waals surface area contributed by atoms with E-state index in [0.717, 1.165) is 12.5 Å². The fourth-order valence-corrected chi connectivity index (χ4v) is 5.43. The molecule has 2 fully saturated rings. The Bertz CT molecular complexity index is 663. The van der Waals surface area contributed by atoms with Gasteiger partial charge in [-0.3, -0.25) is 4.90 Å². The molecular weight excluding hydrogens is 264 g/mol. The molecule has 20 heavy (non-hydrogen) atoms. The van der Waals surface area contributed by atoms with Crippen molar-refractivity contribution < 1.29 is 0 Å². The highest BCUT2D eigenvalue weighted by atomic mass is 32.1. The standard InChI is InChI=1S/C17H18N2S/c1-2-6-14-11(4-1)9-15-16(14)18-17(20-15)12-8-13-5-3-7-19(13)10-12/h1-2,4,6,12-13H,3,5,7-10H2/t12-,13+/m0/s1. The van der Waals surface area contributed by atoms with Crippen LogP contribution in [-0.4, -0.2) is 29.0 Å². The molecule has 0 bridgehead atoms. The second kappa shape index (κ2) is 4.15. The van der Waals surface area contributed by atoms with Crippen LogP contribution in [0.15, 0.2) is 24.3 Å². The number of hydrogen-bond donors (Lipinski definition) is 0. The second-order valence-electron chi connectivity index (χ2n) is 6.38. The highest BCUT2D eigenvalue weighted by Crippen LogP contribution is 2.44. The van der Waals surface area contributed by atoms with Gasteiger partial charge in [-0.05, 0) is 31.4 Å². The van der Waals surface area contributed by atoms with E-state index in [1.807, 2.05) is 11.3 Å². The number of benzene rings is 1. The smallest absolute Gasteiger partial charge is 0.0979 e. The fraction of sp³-hybridized carbons (Fsp3) is 0.471. The number of hydrogen-bond acceptors (Lipinski definition) is 3. The molecule has 2 saturated heterocycles. The zero-order valence-corrected chi connectivity index (χ0v) is 12.3. The molecule has 3 heterocycles. The molecule has 2 atom stereocenters. The van der Waals surface area contributed by atoms with E-state index in [9.17, 15) is 0 Å². The fourth-order valence-electron chi connectivity index (χ4n) is 4.22. The topological polar surface area (TPSA) is 16.1 Å². The molecule has 3 aliphatic rings. The number of nitrogens with zero attached hydrogens (tertiary/aromatic N) is 2. The van der Waals surface area contributed by atoms with Gasteiger partial charge in [-0.25, -0.2) is 4.98 Å². The van der Waals surface area contributed by atoms with E-state index in [1.54, 1.807) is 0 Å². The molecule has 0 unspecified atom stereocenters. The molecular formula is C17H18N2S. The van der Waals surface area contributed by atoms with Crippen molar-refractivity contribution >= 4 is 11.3 Å². The van der Waals surface area contributed by atoms with Crippen LogP contribution < -0.4 is 0 Å². The van der Waals surface area contributed by atoms with Crippen molar-refractivity contribution in [3.8, 4) is 11.3 Å². The zero-order chi connectivity index (χ0) is 13.1. The summed E-state index contributed by atoms with van der Waals surface area (Å²) in [5.74, 6) is 0.697. The number of thiazole rings is 1. The lowest BCUT2D eigenvalue weighted by Gasteiger charge is -2.12. The van der Waals surface area contributed by atoms with Crippen LogP contribution in [0.2, 0.25) is 0 Å². The van der Waals surface area contributed by atoms with Crippen LogP contribution in [0, 0.1) is 0 Å². The molecule has 2 nitrogen and oxygen atoms in total. The minimum atomic E-state index is 0.697. The maximum atomic E-state index is 5.03. The maximum absolute atomic E-state index is 5.03. The van der Waals surface area contributed by atoms with E-state index in [0.29, 0.717) is 5.92 Å².